The number of carboxylic acids is 1. The molecule has 5 nitrogen and oxygen atoms in total. The molecule has 112 valence electrons. The van der Waals surface area contributed by atoms with Crippen molar-refractivity contribution in [3.63, 3.8) is 0 Å². The van der Waals surface area contributed by atoms with Crippen molar-refractivity contribution in [1.82, 2.24) is 4.90 Å². The van der Waals surface area contributed by atoms with Crippen molar-refractivity contribution in [3.05, 3.63) is 35.4 Å². The van der Waals surface area contributed by atoms with Crippen LogP contribution in [0.4, 0.5) is 0 Å². The minimum Gasteiger partial charge on any atom is -0.479 e. The summed E-state index contributed by atoms with van der Waals surface area (Å²) in [5.74, 6) is -0.653. The summed E-state index contributed by atoms with van der Waals surface area (Å²) in [6, 6.07) is 8.13. The number of aliphatic carboxylic acids is 1. The molecule has 1 saturated carbocycles. The van der Waals surface area contributed by atoms with Gasteiger partial charge in [-0.3, -0.25) is 4.79 Å². The first kappa shape index (κ1) is 14.1. The molecule has 3 unspecified atom stereocenters. The monoisotopic (exact) mass is 289 g/mol. The zero-order valence-corrected chi connectivity index (χ0v) is 12.0. The summed E-state index contributed by atoms with van der Waals surface area (Å²) in [5, 5.41) is 9.00. The van der Waals surface area contributed by atoms with Crippen LogP contribution in [0.15, 0.2) is 24.3 Å². The predicted octanol–water partition coefficient (Wildman–Crippen LogP) is 1.41. The highest BCUT2D eigenvalue weighted by Gasteiger charge is 2.47. The summed E-state index contributed by atoms with van der Waals surface area (Å²) in [7, 11) is 0. The lowest BCUT2D eigenvalue weighted by Crippen LogP contribution is -2.49. The molecule has 1 aromatic rings. The van der Waals surface area contributed by atoms with Gasteiger partial charge >= 0.3 is 5.97 Å². The van der Waals surface area contributed by atoms with Gasteiger partial charge in [-0.05, 0) is 30.4 Å². The maximum atomic E-state index is 12.5. The maximum absolute atomic E-state index is 12.5. The molecule has 1 aromatic carbocycles. The minimum absolute atomic E-state index is 0.00125. The first-order valence-corrected chi connectivity index (χ1v) is 7.26. The van der Waals surface area contributed by atoms with Crippen molar-refractivity contribution in [1.29, 1.82) is 0 Å². The lowest BCUT2D eigenvalue weighted by atomic mass is 10.0. The largest absolute Gasteiger partial charge is 0.479 e. The van der Waals surface area contributed by atoms with E-state index in [9.17, 15) is 9.59 Å². The van der Waals surface area contributed by atoms with E-state index >= 15 is 0 Å². The van der Waals surface area contributed by atoms with Crippen LogP contribution in [0.25, 0.3) is 0 Å². The molecule has 1 aliphatic heterocycles. The normalized spacial score (nSPS) is 28.2. The van der Waals surface area contributed by atoms with E-state index in [1.165, 1.54) is 11.1 Å². The number of ether oxygens (including phenoxy) is 1. The van der Waals surface area contributed by atoms with Gasteiger partial charge in [0.15, 0.2) is 6.10 Å². The molecule has 1 aliphatic carbocycles. The van der Waals surface area contributed by atoms with E-state index in [1.54, 1.807) is 4.90 Å². The van der Waals surface area contributed by atoms with E-state index in [1.807, 2.05) is 12.1 Å². The maximum Gasteiger partial charge on any atom is 0.334 e. The molecule has 0 aromatic heterocycles. The topological polar surface area (TPSA) is 66.8 Å². The van der Waals surface area contributed by atoms with E-state index in [0.29, 0.717) is 13.2 Å². The molecule has 3 rings (SSSR count). The van der Waals surface area contributed by atoms with Gasteiger partial charge in [-0.15, -0.1) is 0 Å². The molecule has 1 saturated heterocycles. The third kappa shape index (κ3) is 2.78. The van der Waals surface area contributed by atoms with Crippen LogP contribution in [-0.2, 0) is 14.3 Å². The molecular weight excluding hydrogens is 270 g/mol. The van der Waals surface area contributed by atoms with Crippen LogP contribution in [-0.4, -0.2) is 47.7 Å². The van der Waals surface area contributed by atoms with Crippen LogP contribution in [0.5, 0.6) is 0 Å². The molecule has 0 radical (unpaired) electrons. The van der Waals surface area contributed by atoms with Gasteiger partial charge in [0.1, 0.15) is 0 Å². The fourth-order valence-corrected chi connectivity index (χ4v) is 3.05. The molecule has 1 N–H and O–H groups in total. The fourth-order valence-electron chi connectivity index (χ4n) is 3.05. The Morgan fingerprint density at radius 3 is 2.81 bits per heavy atom. The van der Waals surface area contributed by atoms with E-state index in [0.717, 1.165) is 6.42 Å². The number of nitrogens with zero attached hydrogens (tertiary/aromatic N) is 1. The Balaban J connectivity index is 1.65. The summed E-state index contributed by atoms with van der Waals surface area (Å²) in [4.78, 5) is 25.1. The Kier molecular flexibility index (Phi) is 3.68. The summed E-state index contributed by atoms with van der Waals surface area (Å²) >= 11 is 0. The summed E-state index contributed by atoms with van der Waals surface area (Å²) < 4.78 is 5.16. The van der Waals surface area contributed by atoms with Crippen molar-refractivity contribution in [3.8, 4) is 0 Å². The Hall–Kier alpha value is -1.88. The van der Waals surface area contributed by atoms with Gasteiger partial charge < -0.3 is 14.7 Å². The number of benzene rings is 1. The number of rotatable bonds is 3. The van der Waals surface area contributed by atoms with Crippen molar-refractivity contribution < 1.29 is 19.4 Å². The molecule has 21 heavy (non-hydrogen) atoms. The van der Waals surface area contributed by atoms with E-state index in [4.69, 9.17) is 9.84 Å². The molecule has 0 bridgehead atoms. The molecule has 1 heterocycles. The van der Waals surface area contributed by atoms with Gasteiger partial charge in [0.05, 0.1) is 13.2 Å². The minimum atomic E-state index is -1.00. The van der Waals surface area contributed by atoms with Crippen LogP contribution in [0.2, 0.25) is 0 Å². The van der Waals surface area contributed by atoms with Crippen LogP contribution in [0.1, 0.15) is 23.5 Å². The molecule has 2 fully saturated rings. The smallest absolute Gasteiger partial charge is 0.334 e. The predicted molar refractivity (Wildman–Crippen MR) is 76.0 cm³/mol. The lowest BCUT2D eigenvalue weighted by molar-refractivity contribution is -0.159. The second kappa shape index (κ2) is 5.48. The highest BCUT2D eigenvalue weighted by Crippen LogP contribution is 2.49. The third-order valence-electron chi connectivity index (χ3n) is 4.35. The standard InChI is InChI=1S/C16H19NO4/c1-10-4-2-3-5-11(10)12-8-13(12)15(18)17-6-7-21-14(9-17)16(19)20/h2-5,12-14H,6-9H2,1H3,(H,19,20). The first-order valence-electron chi connectivity index (χ1n) is 7.26. The van der Waals surface area contributed by atoms with Crippen LogP contribution in [0, 0.1) is 12.8 Å². The Morgan fingerprint density at radius 2 is 2.10 bits per heavy atom. The number of aryl methyl sites for hydroxylation is 1. The first-order chi connectivity index (χ1) is 10.1. The van der Waals surface area contributed by atoms with Gasteiger partial charge in [-0.25, -0.2) is 4.79 Å². The van der Waals surface area contributed by atoms with Crippen LogP contribution in [0.3, 0.4) is 0 Å². The average molecular weight is 289 g/mol. The van der Waals surface area contributed by atoms with Crippen molar-refractivity contribution in [2.24, 2.45) is 5.92 Å². The van der Waals surface area contributed by atoms with Crippen molar-refractivity contribution in [2.45, 2.75) is 25.4 Å². The molecule has 3 atom stereocenters. The van der Waals surface area contributed by atoms with Gasteiger partial charge in [0, 0.05) is 12.5 Å². The summed E-state index contributed by atoms with van der Waals surface area (Å²) in [6.07, 6.45) is -0.0305. The van der Waals surface area contributed by atoms with E-state index in [2.05, 4.69) is 19.1 Å². The van der Waals surface area contributed by atoms with Crippen molar-refractivity contribution >= 4 is 11.9 Å². The van der Waals surface area contributed by atoms with Gasteiger partial charge in [0.2, 0.25) is 5.91 Å². The molecular formula is C16H19NO4. The number of hydrogen-bond acceptors (Lipinski definition) is 3. The van der Waals surface area contributed by atoms with Crippen LogP contribution >= 0.6 is 0 Å². The van der Waals surface area contributed by atoms with Gasteiger partial charge in [0.25, 0.3) is 0 Å². The SMILES string of the molecule is Cc1ccccc1C1CC1C(=O)N1CCOC(C(=O)O)C1. The second-order valence-electron chi connectivity index (χ2n) is 5.79. The van der Waals surface area contributed by atoms with Gasteiger partial charge in [-0.2, -0.15) is 0 Å². The zero-order valence-electron chi connectivity index (χ0n) is 12.0. The van der Waals surface area contributed by atoms with E-state index < -0.39 is 12.1 Å². The summed E-state index contributed by atoms with van der Waals surface area (Å²) in [6.45, 7) is 3.00. The van der Waals surface area contributed by atoms with E-state index in [-0.39, 0.29) is 24.3 Å². The Bertz CT molecular complexity index is 571. The fraction of sp³-hybridized carbons (Fsp3) is 0.500. The quantitative estimate of drug-likeness (QED) is 0.913. The molecule has 1 amide bonds. The van der Waals surface area contributed by atoms with Crippen LogP contribution < -0.4 is 0 Å². The third-order valence-corrected chi connectivity index (χ3v) is 4.35. The van der Waals surface area contributed by atoms with Gasteiger partial charge in [-0.1, -0.05) is 24.3 Å². The lowest BCUT2D eigenvalue weighted by Gasteiger charge is -2.31. The second-order valence-corrected chi connectivity index (χ2v) is 5.79. The highest BCUT2D eigenvalue weighted by molar-refractivity contribution is 5.84. The molecule has 2 aliphatic rings. The Morgan fingerprint density at radius 1 is 1.33 bits per heavy atom. The average Bonchev–Trinajstić information content (AvgIpc) is 3.27. The summed E-state index contributed by atoms with van der Waals surface area (Å²) in [5.41, 5.74) is 2.45. The number of hydrogen-bond donors (Lipinski definition) is 1. The number of morpholine rings is 1. The number of carboxylic acid groups (broad SMARTS) is 1. The zero-order chi connectivity index (χ0) is 15.0. The highest BCUT2D eigenvalue weighted by atomic mass is 16.5. The molecule has 5 heteroatoms. The van der Waals surface area contributed by atoms with Crippen molar-refractivity contribution in [2.75, 3.05) is 19.7 Å². The number of carbonyl (C=O) groups is 2. The number of carbonyl (C=O) groups excluding carboxylic acids is 1. The molecule has 0 spiro atoms. The Labute approximate surface area is 123 Å². The number of amides is 1.